The minimum absolute atomic E-state index is 0.0675. The molecule has 2 rings (SSSR count). The van der Waals surface area contributed by atoms with Crippen LogP contribution < -0.4 is 5.73 Å². The summed E-state index contributed by atoms with van der Waals surface area (Å²) in [6.07, 6.45) is 3.66. The third-order valence-electron chi connectivity index (χ3n) is 3.02. The lowest BCUT2D eigenvalue weighted by Crippen LogP contribution is -2.19. The van der Waals surface area contributed by atoms with Crippen molar-refractivity contribution in [3.8, 4) is 0 Å². The van der Waals surface area contributed by atoms with E-state index in [0.717, 1.165) is 34.0 Å². The highest BCUT2D eigenvalue weighted by Gasteiger charge is 2.17. The van der Waals surface area contributed by atoms with Crippen molar-refractivity contribution in [2.45, 2.75) is 32.4 Å². The van der Waals surface area contributed by atoms with E-state index in [4.69, 9.17) is 5.73 Å². The lowest BCUT2D eigenvalue weighted by atomic mass is 10.0. The van der Waals surface area contributed by atoms with E-state index >= 15 is 0 Å². The van der Waals surface area contributed by atoms with Gasteiger partial charge in [0.05, 0.1) is 22.4 Å². The van der Waals surface area contributed by atoms with Crippen LogP contribution >= 0.6 is 31.9 Å². The van der Waals surface area contributed by atoms with Crippen LogP contribution in [0.15, 0.2) is 39.4 Å². The first-order valence-corrected chi connectivity index (χ1v) is 7.92. The van der Waals surface area contributed by atoms with Crippen molar-refractivity contribution in [2.75, 3.05) is 0 Å². The Morgan fingerprint density at radius 3 is 2.68 bits per heavy atom. The van der Waals surface area contributed by atoms with Gasteiger partial charge in [0, 0.05) is 11.0 Å². The number of nitrogens with zero attached hydrogens (tertiary/aromatic N) is 2. The van der Waals surface area contributed by atoms with Crippen molar-refractivity contribution in [1.29, 1.82) is 0 Å². The number of aromatic nitrogens is 2. The fraction of sp³-hybridized carbons (Fsp3) is 0.357. The second kappa shape index (κ2) is 6.68. The lowest BCUT2D eigenvalue weighted by molar-refractivity contribution is 0.536. The molecule has 1 aromatic carbocycles. The van der Waals surface area contributed by atoms with Crippen molar-refractivity contribution in [3.63, 3.8) is 0 Å². The van der Waals surface area contributed by atoms with Crippen LogP contribution in [-0.2, 0) is 13.0 Å². The van der Waals surface area contributed by atoms with E-state index in [-0.39, 0.29) is 6.04 Å². The topological polar surface area (TPSA) is 43.8 Å². The van der Waals surface area contributed by atoms with Crippen molar-refractivity contribution < 1.29 is 0 Å². The summed E-state index contributed by atoms with van der Waals surface area (Å²) in [5.74, 6) is 0. The molecule has 0 amide bonds. The third kappa shape index (κ3) is 3.46. The SMILES string of the molecule is CCCn1ncc(Br)c1C(N)Cc1ccccc1Br. The summed E-state index contributed by atoms with van der Waals surface area (Å²) in [6, 6.07) is 8.11. The normalized spacial score (nSPS) is 12.6. The number of hydrogen-bond donors (Lipinski definition) is 1. The molecule has 3 nitrogen and oxygen atoms in total. The van der Waals surface area contributed by atoms with Gasteiger partial charge < -0.3 is 5.73 Å². The fourth-order valence-corrected chi connectivity index (χ4v) is 3.16. The second-order valence-electron chi connectivity index (χ2n) is 4.50. The number of benzene rings is 1. The Balaban J connectivity index is 2.22. The Morgan fingerprint density at radius 2 is 2.00 bits per heavy atom. The number of rotatable bonds is 5. The molecule has 19 heavy (non-hydrogen) atoms. The van der Waals surface area contributed by atoms with E-state index in [1.54, 1.807) is 0 Å². The van der Waals surface area contributed by atoms with Crippen LogP contribution in [0, 0.1) is 0 Å². The molecule has 0 aliphatic heterocycles. The van der Waals surface area contributed by atoms with Gasteiger partial charge >= 0.3 is 0 Å². The summed E-state index contributed by atoms with van der Waals surface area (Å²) in [5.41, 5.74) is 8.64. The van der Waals surface area contributed by atoms with Crippen LogP contribution in [0.1, 0.15) is 30.6 Å². The van der Waals surface area contributed by atoms with Crippen molar-refractivity contribution in [3.05, 3.63) is 50.7 Å². The van der Waals surface area contributed by atoms with Gasteiger partial charge in [-0.2, -0.15) is 5.10 Å². The first-order valence-electron chi connectivity index (χ1n) is 6.33. The van der Waals surface area contributed by atoms with E-state index < -0.39 is 0 Å². The first kappa shape index (κ1) is 14.8. The average Bonchev–Trinajstić information content (AvgIpc) is 2.74. The number of nitrogens with two attached hydrogens (primary N) is 1. The zero-order valence-corrected chi connectivity index (χ0v) is 14.0. The Labute approximate surface area is 130 Å². The van der Waals surface area contributed by atoms with E-state index in [2.05, 4.69) is 49.9 Å². The molecule has 0 radical (unpaired) electrons. The highest BCUT2D eigenvalue weighted by atomic mass is 79.9. The quantitative estimate of drug-likeness (QED) is 0.841. The molecule has 1 heterocycles. The van der Waals surface area contributed by atoms with Crippen LogP contribution in [0.25, 0.3) is 0 Å². The van der Waals surface area contributed by atoms with Crippen molar-refractivity contribution >= 4 is 31.9 Å². The fourth-order valence-electron chi connectivity index (χ4n) is 2.13. The van der Waals surface area contributed by atoms with Crippen LogP contribution in [0.3, 0.4) is 0 Å². The minimum Gasteiger partial charge on any atom is -0.322 e. The molecule has 0 saturated heterocycles. The molecule has 0 aliphatic carbocycles. The smallest absolute Gasteiger partial charge is 0.0696 e. The maximum absolute atomic E-state index is 6.36. The molecule has 102 valence electrons. The van der Waals surface area contributed by atoms with Crippen LogP contribution in [-0.4, -0.2) is 9.78 Å². The van der Waals surface area contributed by atoms with Gasteiger partial charge in [-0.15, -0.1) is 0 Å². The molecular formula is C14H17Br2N3. The molecule has 0 saturated carbocycles. The Kier molecular flexibility index (Phi) is 5.19. The second-order valence-corrected chi connectivity index (χ2v) is 6.21. The van der Waals surface area contributed by atoms with Crippen LogP contribution in [0.5, 0.6) is 0 Å². The monoisotopic (exact) mass is 385 g/mol. The maximum atomic E-state index is 6.36. The van der Waals surface area contributed by atoms with Crippen LogP contribution in [0.2, 0.25) is 0 Å². The zero-order valence-electron chi connectivity index (χ0n) is 10.8. The molecule has 1 unspecified atom stereocenters. The Morgan fingerprint density at radius 1 is 1.26 bits per heavy atom. The first-order chi connectivity index (χ1) is 9.13. The van der Waals surface area contributed by atoms with Gasteiger partial charge in [0.1, 0.15) is 0 Å². The molecular weight excluding hydrogens is 370 g/mol. The largest absolute Gasteiger partial charge is 0.322 e. The van der Waals surface area contributed by atoms with E-state index in [1.807, 2.05) is 29.1 Å². The van der Waals surface area contributed by atoms with E-state index in [0.29, 0.717) is 0 Å². The van der Waals surface area contributed by atoms with Gasteiger partial charge in [-0.25, -0.2) is 0 Å². The van der Waals surface area contributed by atoms with Crippen LogP contribution in [0.4, 0.5) is 0 Å². The molecule has 0 spiro atoms. The highest BCUT2D eigenvalue weighted by Crippen LogP contribution is 2.27. The van der Waals surface area contributed by atoms with Gasteiger partial charge in [0.25, 0.3) is 0 Å². The predicted molar refractivity (Wildman–Crippen MR) is 85.0 cm³/mol. The summed E-state index contributed by atoms with van der Waals surface area (Å²) in [4.78, 5) is 0. The van der Waals surface area contributed by atoms with Gasteiger partial charge in [-0.05, 0) is 40.4 Å². The Hall–Kier alpha value is -0.650. The summed E-state index contributed by atoms with van der Waals surface area (Å²) < 4.78 is 4.08. The summed E-state index contributed by atoms with van der Waals surface area (Å²) in [7, 11) is 0. The van der Waals surface area contributed by atoms with Gasteiger partial charge in [-0.1, -0.05) is 41.1 Å². The average molecular weight is 387 g/mol. The zero-order chi connectivity index (χ0) is 13.8. The lowest BCUT2D eigenvalue weighted by Gasteiger charge is -2.15. The van der Waals surface area contributed by atoms with Gasteiger partial charge in [0.15, 0.2) is 0 Å². The third-order valence-corrected chi connectivity index (χ3v) is 4.40. The summed E-state index contributed by atoms with van der Waals surface area (Å²) >= 11 is 7.11. The summed E-state index contributed by atoms with van der Waals surface area (Å²) in [6.45, 7) is 3.03. The molecule has 0 aliphatic rings. The number of halogens is 2. The number of aryl methyl sites for hydroxylation is 1. The maximum Gasteiger partial charge on any atom is 0.0696 e. The predicted octanol–water partition coefficient (Wildman–Crippen LogP) is 4.06. The molecule has 2 aromatic rings. The molecule has 1 atom stereocenters. The van der Waals surface area contributed by atoms with Gasteiger partial charge in [-0.3, -0.25) is 4.68 Å². The van der Waals surface area contributed by atoms with Crippen molar-refractivity contribution in [1.82, 2.24) is 9.78 Å². The summed E-state index contributed by atoms with van der Waals surface area (Å²) in [5, 5.41) is 4.37. The number of hydrogen-bond acceptors (Lipinski definition) is 2. The van der Waals surface area contributed by atoms with Crippen molar-refractivity contribution in [2.24, 2.45) is 5.73 Å². The molecule has 0 fully saturated rings. The van der Waals surface area contributed by atoms with E-state index in [1.165, 1.54) is 5.56 Å². The molecule has 5 heteroatoms. The van der Waals surface area contributed by atoms with E-state index in [9.17, 15) is 0 Å². The molecule has 1 aromatic heterocycles. The molecule has 2 N–H and O–H groups in total. The standard InChI is InChI=1S/C14H17Br2N3/c1-2-7-19-14(12(16)9-18-19)13(17)8-10-5-3-4-6-11(10)15/h3-6,9,13H,2,7-8,17H2,1H3. The Bertz CT molecular complexity index is 551. The minimum atomic E-state index is -0.0675. The van der Waals surface area contributed by atoms with Gasteiger partial charge in [0.2, 0.25) is 0 Å². The highest BCUT2D eigenvalue weighted by molar-refractivity contribution is 9.10. The molecule has 0 bridgehead atoms.